The molecule has 0 bridgehead atoms. The third kappa shape index (κ3) is 7.72. The Morgan fingerprint density at radius 1 is 1.08 bits per heavy atom. The third-order valence-corrected chi connectivity index (χ3v) is 5.10. The molecule has 7 nitrogen and oxygen atoms in total. The van der Waals surface area contributed by atoms with Crippen molar-refractivity contribution in [2.24, 2.45) is 10.1 Å². The lowest BCUT2D eigenvalue weighted by atomic mass is 10.1. The highest BCUT2D eigenvalue weighted by molar-refractivity contribution is 7.89. The number of rotatable bonds is 9. The Hall–Kier alpha value is -1.64. The van der Waals surface area contributed by atoms with E-state index in [9.17, 15) is 8.42 Å². The van der Waals surface area contributed by atoms with Crippen molar-refractivity contribution in [2.45, 2.75) is 51.1 Å². The molecule has 4 N–H and O–H groups in total. The molecular formula is C18H33N5O2S. The molecule has 8 heteroatoms. The van der Waals surface area contributed by atoms with Crippen LogP contribution in [0.1, 0.15) is 33.3 Å². The maximum Gasteiger partial charge on any atom is 0.238 e. The van der Waals surface area contributed by atoms with Crippen molar-refractivity contribution in [1.29, 1.82) is 0 Å². The average Bonchev–Trinajstić information content (AvgIpc) is 2.55. The van der Waals surface area contributed by atoms with Gasteiger partial charge in [0.25, 0.3) is 0 Å². The minimum atomic E-state index is -3.64. The summed E-state index contributed by atoms with van der Waals surface area (Å²) in [4.78, 5) is 6.79. The smallest absolute Gasteiger partial charge is 0.238 e. The lowest BCUT2D eigenvalue weighted by Gasteiger charge is -2.30. The Kier molecular flexibility index (Phi) is 9.04. The lowest BCUT2D eigenvalue weighted by Crippen LogP contribution is -2.45. The Balaban J connectivity index is 2.41. The maximum absolute atomic E-state index is 11.3. The number of benzene rings is 1. The van der Waals surface area contributed by atoms with Gasteiger partial charge in [0, 0.05) is 38.8 Å². The number of nitrogens with two attached hydrogens (primary N) is 1. The summed E-state index contributed by atoms with van der Waals surface area (Å²) in [5, 5.41) is 11.7. The Morgan fingerprint density at radius 2 is 1.62 bits per heavy atom. The maximum atomic E-state index is 11.3. The highest BCUT2D eigenvalue weighted by Gasteiger charge is 2.12. The zero-order valence-electron chi connectivity index (χ0n) is 16.5. The van der Waals surface area contributed by atoms with Gasteiger partial charge < -0.3 is 10.6 Å². The Labute approximate surface area is 158 Å². The van der Waals surface area contributed by atoms with Gasteiger partial charge in [-0.3, -0.25) is 9.89 Å². The van der Waals surface area contributed by atoms with Crippen LogP contribution >= 0.6 is 0 Å². The summed E-state index contributed by atoms with van der Waals surface area (Å²) < 4.78 is 22.5. The van der Waals surface area contributed by atoms with Crippen LogP contribution in [0, 0.1) is 0 Å². The van der Waals surface area contributed by atoms with Crippen LogP contribution in [0.3, 0.4) is 0 Å². The summed E-state index contributed by atoms with van der Waals surface area (Å²) >= 11 is 0. The predicted octanol–water partition coefficient (Wildman–Crippen LogP) is 1.16. The zero-order valence-corrected chi connectivity index (χ0v) is 17.3. The fourth-order valence-corrected chi connectivity index (χ4v) is 3.32. The lowest BCUT2D eigenvalue weighted by molar-refractivity contribution is 0.178. The largest absolute Gasteiger partial charge is 0.356 e. The first-order valence-electron chi connectivity index (χ1n) is 8.97. The second-order valence-corrected chi connectivity index (χ2v) is 8.35. The molecule has 0 heterocycles. The van der Waals surface area contributed by atoms with E-state index in [4.69, 9.17) is 5.14 Å². The number of primary sulfonamides is 1. The van der Waals surface area contributed by atoms with E-state index in [2.05, 4.69) is 48.2 Å². The van der Waals surface area contributed by atoms with Gasteiger partial charge in [0.05, 0.1) is 4.90 Å². The highest BCUT2D eigenvalue weighted by Crippen LogP contribution is 2.08. The molecule has 0 spiro atoms. The van der Waals surface area contributed by atoms with Crippen LogP contribution in [0.15, 0.2) is 34.2 Å². The Bertz CT molecular complexity index is 661. The van der Waals surface area contributed by atoms with Gasteiger partial charge in [0.2, 0.25) is 10.0 Å². The van der Waals surface area contributed by atoms with Gasteiger partial charge in [-0.25, -0.2) is 13.6 Å². The van der Waals surface area contributed by atoms with Gasteiger partial charge in [-0.05, 0) is 51.8 Å². The molecule has 0 aliphatic rings. The van der Waals surface area contributed by atoms with Crippen molar-refractivity contribution in [2.75, 3.05) is 26.7 Å². The van der Waals surface area contributed by atoms with E-state index in [0.717, 1.165) is 31.0 Å². The molecule has 0 aromatic heterocycles. The average molecular weight is 384 g/mol. The molecule has 0 atom stereocenters. The summed E-state index contributed by atoms with van der Waals surface area (Å²) in [5.41, 5.74) is 1.03. The minimum Gasteiger partial charge on any atom is -0.356 e. The van der Waals surface area contributed by atoms with Gasteiger partial charge in [0.15, 0.2) is 5.96 Å². The van der Waals surface area contributed by atoms with E-state index < -0.39 is 10.0 Å². The molecule has 0 fully saturated rings. The fourth-order valence-electron chi connectivity index (χ4n) is 2.81. The quantitative estimate of drug-likeness (QED) is 0.439. The molecule has 0 saturated heterocycles. The molecule has 0 aliphatic carbocycles. The van der Waals surface area contributed by atoms with E-state index in [-0.39, 0.29) is 4.90 Å². The standard InChI is InChI=1S/C18H33N5O2S/c1-14(2)23(15(3)4)13-12-22-18(20-5)21-11-10-16-6-8-17(9-7-16)26(19,24)25/h6-9,14-15H,10-13H2,1-5H3,(H2,19,24,25)(H2,20,21,22). The van der Waals surface area contributed by atoms with E-state index in [1.165, 1.54) is 12.1 Å². The van der Waals surface area contributed by atoms with Crippen LogP contribution in [0.4, 0.5) is 0 Å². The predicted molar refractivity (Wildman–Crippen MR) is 108 cm³/mol. The molecule has 0 aliphatic heterocycles. The summed E-state index contributed by atoms with van der Waals surface area (Å²) in [5.74, 6) is 0.763. The first-order valence-corrected chi connectivity index (χ1v) is 10.5. The van der Waals surface area contributed by atoms with E-state index in [1.54, 1.807) is 19.2 Å². The van der Waals surface area contributed by atoms with E-state index in [0.29, 0.717) is 18.6 Å². The zero-order chi connectivity index (χ0) is 19.7. The van der Waals surface area contributed by atoms with Crippen LogP contribution in [0.5, 0.6) is 0 Å². The second kappa shape index (κ2) is 10.5. The monoisotopic (exact) mass is 383 g/mol. The van der Waals surface area contributed by atoms with Crippen molar-refractivity contribution in [3.8, 4) is 0 Å². The molecule has 1 aromatic carbocycles. The normalized spacial score (nSPS) is 12.9. The van der Waals surface area contributed by atoms with Crippen molar-refractivity contribution < 1.29 is 8.42 Å². The van der Waals surface area contributed by atoms with Crippen LogP contribution in [-0.2, 0) is 16.4 Å². The van der Waals surface area contributed by atoms with Gasteiger partial charge in [0.1, 0.15) is 0 Å². The molecule has 26 heavy (non-hydrogen) atoms. The number of hydrogen-bond acceptors (Lipinski definition) is 4. The van der Waals surface area contributed by atoms with Crippen molar-refractivity contribution in [3.63, 3.8) is 0 Å². The van der Waals surface area contributed by atoms with E-state index >= 15 is 0 Å². The molecule has 0 radical (unpaired) electrons. The topological polar surface area (TPSA) is 99.8 Å². The van der Waals surface area contributed by atoms with Crippen LogP contribution < -0.4 is 15.8 Å². The SMILES string of the molecule is CN=C(NCCc1ccc(S(N)(=O)=O)cc1)NCCN(C(C)C)C(C)C. The first-order chi connectivity index (χ1) is 12.1. The van der Waals surface area contributed by atoms with Gasteiger partial charge in [-0.15, -0.1) is 0 Å². The van der Waals surface area contributed by atoms with Crippen molar-refractivity contribution in [1.82, 2.24) is 15.5 Å². The van der Waals surface area contributed by atoms with Gasteiger partial charge in [-0.2, -0.15) is 0 Å². The minimum absolute atomic E-state index is 0.131. The Morgan fingerprint density at radius 3 is 2.08 bits per heavy atom. The number of sulfonamides is 1. The summed E-state index contributed by atoms with van der Waals surface area (Å²) in [6, 6.07) is 7.63. The summed E-state index contributed by atoms with van der Waals surface area (Å²) in [6.07, 6.45) is 0.760. The van der Waals surface area contributed by atoms with Crippen LogP contribution in [-0.4, -0.2) is 58.0 Å². The molecule has 1 aromatic rings. The number of aliphatic imine (C=N–C) groups is 1. The van der Waals surface area contributed by atoms with Crippen LogP contribution in [0.25, 0.3) is 0 Å². The fraction of sp³-hybridized carbons (Fsp3) is 0.611. The van der Waals surface area contributed by atoms with E-state index in [1.807, 2.05) is 0 Å². The summed E-state index contributed by atoms with van der Waals surface area (Å²) in [7, 11) is -1.89. The third-order valence-electron chi connectivity index (χ3n) is 4.17. The van der Waals surface area contributed by atoms with Gasteiger partial charge >= 0.3 is 0 Å². The van der Waals surface area contributed by atoms with Gasteiger partial charge in [-0.1, -0.05) is 12.1 Å². The number of nitrogens with zero attached hydrogens (tertiary/aromatic N) is 2. The molecule has 0 amide bonds. The first kappa shape index (κ1) is 22.4. The molecular weight excluding hydrogens is 350 g/mol. The molecule has 148 valence electrons. The molecule has 0 unspecified atom stereocenters. The second-order valence-electron chi connectivity index (χ2n) is 6.79. The molecule has 1 rings (SSSR count). The van der Waals surface area contributed by atoms with Crippen molar-refractivity contribution >= 4 is 16.0 Å². The number of hydrogen-bond donors (Lipinski definition) is 3. The highest BCUT2D eigenvalue weighted by atomic mass is 32.2. The number of nitrogens with one attached hydrogen (secondary N) is 2. The number of guanidine groups is 1. The van der Waals surface area contributed by atoms with Crippen LogP contribution in [0.2, 0.25) is 0 Å². The van der Waals surface area contributed by atoms with Crippen molar-refractivity contribution in [3.05, 3.63) is 29.8 Å². The summed E-state index contributed by atoms with van der Waals surface area (Å²) in [6.45, 7) is 11.3. The molecule has 0 saturated carbocycles.